The number of nitrogens with zero attached hydrogens (tertiary/aromatic N) is 4. The standard InChI is InChI=1S/C25H22ClFN4O/c1-15-3-5-20-22(29-15)13-24(30-25(20)19-6-4-18(26)12-21(19)27)31-9-10-32-23(14-31)17-7-8-28-16(2)11-17/h3-8,11-13,23H,9-10,14H2,1-2H3. The van der Waals surface area contributed by atoms with Crippen molar-refractivity contribution in [2.24, 2.45) is 0 Å². The van der Waals surface area contributed by atoms with Gasteiger partial charge in [-0.3, -0.25) is 9.97 Å². The molecule has 32 heavy (non-hydrogen) atoms. The van der Waals surface area contributed by atoms with Gasteiger partial charge in [-0.15, -0.1) is 0 Å². The maximum Gasteiger partial charge on any atom is 0.134 e. The van der Waals surface area contributed by atoms with Crippen LogP contribution >= 0.6 is 11.6 Å². The number of aromatic nitrogens is 3. The normalized spacial score (nSPS) is 16.5. The summed E-state index contributed by atoms with van der Waals surface area (Å²) in [5.74, 6) is 0.343. The van der Waals surface area contributed by atoms with Gasteiger partial charge in [0.25, 0.3) is 0 Å². The number of pyridine rings is 3. The van der Waals surface area contributed by atoms with E-state index in [9.17, 15) is 4.39 Å². The Kier molecular flexibility index (Phi) is 5.49. The predicted octanol–water partition coefficient (Wildman–Crippen LogP) is 5.68. The number of benzene rings is 1. The highest BCUT2D eigenvalue weighted by atomic mass is 35.5. The van der Waals surface area contributed by atoms with Crippen molar-refractivity contribution in [1.29, 1.82) is 0 Å². The van der Waals surface area contributed by atoms with Crippen LogP contribution in [0.5, 0.6) is 0 Å². The molecule has 0 spiro atoms. The second-order valence-corrected chi connectivity index (χ2v) is 8.44. The fourth-order valence-electron chi connectivity index (χ4n) is 4.09. The number of halogens is 2. The van der Waals surface area contributed by atoms with Crippen molar-refractivity contribution >= 4 is 28.3 Å². The van der Waals surface area contributed by atoms with Crippen molar-refractivity contribution in [1.82, 2.24) is 15.0 Å². The summed E-state index contributed by atoms with van der Waals surface area (Å²) in [7, 11) is 0. The summed E-state index contributed by atoms with van der Waals surface area (Å²) in [5, 5.41) is 1.15. The van der Waals surface area contributed by atoms with Crippen molar-refractivity contribution in [3.63, 3.8) is 0 Å². The summed E-state index contributed by atoms with van der Waals surface area (Å²) in [5.41, 5.74) is 4.67. The summed E-state index contributed by atoms with van der Waals surface area (Å²) >= 11 is 5.98. The van der Waals surface area contributed by atoms with Crippen molar-refractivity contribution in [3.05, 3.63) is 82.5 Å². The summed E-state index contributed by atoms with van der Waals surface area (Å²) in [4.78, 5) is 16.0. The van der Waals surface area contributed by atoms with Gasteiger partial charge in [0, 0.05) is 52.7 Å². The number of anilines is 1. The van der Waals surface area contributed by atoms with Crippen LogP contribution in [0.4, 0.5) is 10.2 Å². The molecule has 1 unspecified atom stereocenters. The zero-order chi connectivity index (χ0) is 22.2. The van der Waals surface area contributed by atoms with Crippen LogP contribution in [-0.2, 0) is 4.74 Å². The molecule has 0 saturated carbocycles. The number of hydrogen-bond donors (Lipinski definition) is 0. The lowest BCUT2D eigenvalue weighted by Gasteiger charge is -2.34. The molecule has 5 nitrogen and oxygen atoms in total. The molecule has 1 aromatic carbocycles. The molecule has 0 bridgehead atoms. The van der Waals surface area contributed by atoms with E-state index < -0.39 is 5.82 Å². The first-order chi connectivity index (χ1) is 15.5. The van der Waals surface area contributed by atoms with Crippen molar-refractivity contribution in [2.45, 2.75) is 20.0 Å². The monoisotopic (exact) mass is 448 g/mol. The third-order valence-electron chi connectivity index (χ3n) is 5.68. The predicted molar refractivity (Wildman–Crippen MR) is 125 cm³/mol. The van der Waals surface area contributed by atoms with E-state index in [1.54, 1.807) is 18.3 Å². The zero-order valence-electron chi connectivity index (χ0n) is 17.8. The van der Waals surface area contributed by atoms with Crippen molar-refractivity contribution < 1.29 is 9.13 Å². The fourth-order valence-corrected chi connectivity index (χ4v) is 4.25. The van der Waals surface area contributed by atoms with Crippen LogP contribution in [0.1, 0.15) is 23.1 Å². The molecule has 1 saturated heterocycles. The molecule has 0 aliphatic carbocycles. The summed E-state index contributed by atoms with van der Waals surface area (Å²) < 4.78 is 20.9. The van der Waals surface area contributed by atoms with Gasteiger partial charge in [-0.05, 0) is 61.9 Å². The van der Waals surface area contributed by atoms with E-state index in [1.807, 2.05) is 44.2 Å². The lowest BCUT2D eigenvalue weighted by Crippen LogP contribution is -2.39. The van der Waals surface area contributed by atoms with E-state index in [4.69, 9.17) is 26.3 Å². The lowest BCUT2D eigenvalue weighted by molar-refractivity contribution is 0.0394. The molecule has 4 heterocycles. The third-order valence-corrected chi connectivity index (χ3v) is 5.92. The van der Waals surface area contributed by atoms with Gasteiger partial charge in [0.2, 0.25) is 0 Å². The first-order valence-corrected chi connectivity index (χ1v) is 10.9. The Hall–Kier alpha value is -3.09. The molecule has 162 valence electrons. The Labute approximate surface area is 190 Å². The maximum absolute atomic E-state index is 14.9. The second kappa shape index (κ2) is 8.45. The van der Waals surface area contributed by atoms with E-state index in [-0.39, 0.29) is 6.10 Å². The highest BCUT2D eigenvalue weighted by molar-refractivity contribution is 6.30. The molecular weight excluding hydrogens is 427 g/mol. The van der Waals surface area contributed by atoms with Crippen LogP contribution in [0, 0.1) is 19.7 Å². The van der Waals surface area contributed by atoms with Crippen LogP contribution < -0.4 is 4.90 Å². The van der Waals surface area contributed by atoms with Crippen molar-refractivity contribution in [3.8, 4) is 11.3 Å². The Morgan fingerprint density at radius 2 is 1.91 bits per heavy atom. The summed E-state index contributed by atoms with van der Waals surface area (Å²) in [6, 6.07) is 14.5. The molecular formula is C25H22ClFN4O. The van der Waals surface area contributed by atoms with Crippen molar-refractivity contribution in [2.75, 3.05) is 24.6 Å². The number of aryl methyl sites for hydroxylation is 2. The maximum atomic E-state index is 14.9. The molecule has 1 aliphatic rings. The Morgan fingerprint density at radius 3 is 2.72 bits per heavy atom. The largest absolute Gasteiger partial charge is 0.370 e. The van der Waals surface area contributed by atoms with Crippen LogP contribution in [0.15, 0.2) is 54.7 Å². The van der Waals surface area contributed by atoms with Gasteiger partial charge in [-0.2, -0.15) is 0 Å². The molecule has 7 heteroatoms. The molecule has 1 aliphatic heterocycles. The van der Waals surface area contributed by atoms with Crippen LogP contribution in [-0.4, -0.2) is 34.6 Å². The third kappa shape index (κ3) is 4.04. The van der Waals surface area contributed by atoms with Gasteiger partial charge < -0.3 is 9.64 Å². The van der Waals surface area contributed by atoms with Crippen LogP contribution in [0.3, 0.4) is 0 Å². The molecule has 4 aromatic rings. The van der Waals surface area contributed by atoms with E-state index in [0.29, 0.717) is 36.0 Å². The Balaban J connectivity index is 1.59. The molecule has 3 aromatic heterocycles. The number of rotatable bonds is 3. The number of ether oxygens (including phenoxy) is 1. The number of hydrogen-bond acceptors (Lipinski definition) is 5. The highest BCUT2D eigenvalue weighted by Crippen LogP contribution is 2.34. The van der Waals surface area contributed by atoms with Gasteiger partial charge in [0.05, 0.1) is 17.8 Å². The number of fused-ring (bicyclic) bond motifs is 1. The summed E-state index contributed by atoms with van der Waals surface area (Å²) in [6.07, 6.45) is 1.71. The lowest BCUT2D eigenvalue weighted by atomic mass is 10.0. The van der Waals surface area contributed by atoms with Gasteiger partial charge in [0.15, 0.2) is 0 Å². The highest BCUT2D eigenvalue weighted by Gasteiger charge is 2.25. The first-order valence-electron chi connectivity index (χ1n) is 10.5. The SMILES string of the molecule is Cc1cc(C2CN(c3cc4nc(C)ccc4c(-c4ccc(Cl)cc4F)n3)CCO2)ccn1. The topological polar surface area (TPSA) is 51.1 Å². The molecule has 0 amide bonds. The minimum absolute atomic E-state index is 0.0934. The zero-order valence-corrected chi connectivity index (χ0v) is 18.6. The summed E-state index contributed by atoms with van der Waals surface area (Å²) in [6.45, 7) is 5.80. The van der Waals surface area contributed by atoms with Gasteiger partial charge in [-0.1, -0.05) is 11.6 Å². The van der Waals surface area contributed by atoms with E-state index in [1.165, 1.54) is 6.07 Å². The number of morpholine rings is 1. The van der Waals surface area contributed by atoms with Gasteiger partial charge in [0.1, 0.15) is 17.7 Å². The molecule has 0 N–H and O–H groups in total. The van der Waals surface area contributed by atoms with E-state index >= 15 is 0 Å². The molecule has 5 rings (SSSR count). The average Bonchev–Trinajstić information content (AvgIpc) is 2.78. The molecule has 1 fully saturated rings. The van der Waals surface area contributed by atoms with Crippen LogP contribution in [0.25, 0.3) is 22.2 Å². The molecule has 0 radical (unpaired) electrons. The average molecular weight is 449 g/mol. The fraction of sp³-hybridized carbons (Fsp3) is 0.240. The van der Waals surface area contributed by atoms with Crippen LogP contribution in [0.2, 0.25) is 5.02 Å². The minimum Gasteiger partial charge on any atom is -0.370 e. The first kappa shape index (κ1) is 20.8. The minimum atomic E-state index is -0.406. The smallest absolute Gasteiger partial charge is 0.134 e. The van der Waals surface area contributed by atoms with E-state index in [2.05, 4.69) is 9.88 Å². The Morgan fingerprint density at radius 1 is 1.03 bits per heavy atom. The second-order valence-electron chi connectivity index (χ2n) is 8.01. The Bertz CT molecular complexity index is 1310. The van der Waals surface area contributed by atoms with Gasteiger partial charge >= 0.3 is 0 Å². The quantitative estimate of drug-likeness (QED) is 0.403. The van der Waals surface area contributed by atoms with E-state index in [0.717, 1.165) is 33.7 Å². The van der Waals surface area contributed by atoms with Gasteiger partial charge in [-0.25, -0.2) is 9.37 Å². The molecule has 1 atom stereocenters.